The summed E-state index contributed by atoms with van der Waals surface area (Å²) in [5, 5.41) is 2.20. The maximum absolute atomic E-state index is 6.50. The zero-order chi connectivity index (χ0) is 37.5. The minimum absolute atomic E-state index is 0.509. The summed E-state index contributed by atoms with van der Waals surface area (Å²) in [6.07, 6.45) is 0. The van der Waals surface area contributed by atoms with E-state index in [-0.39, 0.29) is 0 Å². The Morgan fingerprint density at radius 1 is 0.333 bits per heavy atom. The molecular weight excluding hydrogens is 691 g/mol. The molecule has 0 saturated carbocycles. The van der Waals surface area contributed by atoms with Crippen molar-refractivity contribution in [1.82, 2.24) is 0 Å². The molecule has 2 aliphatic carbocycles. The van der Waals surface area contributed by atoms with Crippen LogP contribution in [0.2, 0.25) is 0 Å². The van der Waals surface area contributed by atoms with E-state index in [0.717, 1.165) is 39.0 Å². The van der Waals surface area contributed by atoms with Crippen LogP contribution < -0.4 is 4.90 Å². The minimum atomic E-state index is -0.509. The number of hydrogen-bond donors (Lipinski definition) is 0. The van der Waals surface area contributed by atoms with Gasteiger partial charge in [0, 0.05) is 16.8 Å². The summed E-state index contributed by atoms with van der Waals surface area (Å²) >= 11 is 0. The summed E-state index contributed by atoms with van der Waals surface area (Å²) in [4.78, 5) is 2.44. The molecule has 0 fully saturated rings. The average molecular weight is 726 g/mol. The lowest BCUT2D eigenvalue weighted by atomic mass is 9.70. The first-order valence-electron chi connectivity index (χ1n) is 19.7. The normalized spacial score (nSPS) is 13.1. The number of nitrogens with zero attached hydrogens (tertiary/aromatic N) is 1. The van der Waals surface area contributed by atoms with E-state index in [1.807, 2.05) is 6.07 Å². The van der Waals surface area contributed by atoms with Gasteiger partial charge < -0.3 is 9.32 Å². The lowest BCUT2D eigenvalue weighted by Gasteiger charge is -2.32. The Kier molecular flexibility index (Phi) is 6.88. The summed E-state index contributed by atoms with van der Waals surface area (Å²) in [6.45, 7) is 0. The van der Waals surface area contributed by atoms with Gasteiger partial charge in [-0.1, -0.05) is 164 Å². The number of anilines is 3. The van der Waals surface area contributed by atoms with Gasteiger partial charge >= 0.3 is 0 Å². The molecule has 9 aromatic carbocycles. The molecule has 1 heterocycles. The number of fused-ring (bicyclic) bond motifs is 13. The summed E-state index contributed by atoms with van der Waals surface area (Å²) in [5.41, 5.74) is 19.7. The van der Waals surface area contributed by atoms with Gasteiger partial charge in [-0.3, -0.25) is 0 Å². The van der Waals surface area contributed by atoms with Gasteiger partial charge in [-0.15, -0.1) is 0 Å². The molecule has 0 amide bonds. The second-order valence-electron chi connectivity index (χ2n) is 15.2. The Morgan fingerprint density at radius 3 is 1.60 bits per heavy atom. The van der Waals surface area contributed by atoms with E-state index in [9.17, 15) is 0 Å². The highest BCUT2D eigenvalue weighted by Crippen LogP contribution is 2.64. The Morgan fingerprint density at radius 2 is 0.860 bits per heavy atom. The van der Waals surface area contributed by atoms with Crippen molar-refractivity contribution < 1.29 is 4.42 Å². The van der Waals surface area contributed by atoms with E-state index in [0.29, 0.717) is 0 Å². The van der Waals surface area contributed by atoms with Crippen molar-refractivity contribution in [3.63, 3.8) is 0 Å². The van der Waals surface area contributed by atoms with Crippen LogP contribution in [0.3, 0.4) is 0 Å². The van der Waals surface area contributed by atoms with Crippen LogP contribution in [0.4, 0.5) is 17.1 Å². The molecule has 0 aliphatic heterocycles. The third-order valence-corrected chi connectivity index (χ3v) is 12.3. The van der Waals surface area contributed by atoms with Gasteiger partial charge in [-0.05, 0) is 115 Å². The summed E-state index contributed by atoms with van der Waals surface area (Å²) in [7, 11) is 0. The lowest BCUT2D eigenvalue weighted by Crippen LogP contribution is -2.26. The zero-order valence-corrected chi connectivity index (χ0v) is 31.1. The van der Waals surface area contributed by atoms with E-state index in [2.05, 4.69) is 211 Å². The van der Waals surface area contributed by atoms with Gasteiger partial charge in [-0.25, -0.2) is 0 Å². The third-order valence-electron chi connectivity index (χ3n) is 12.3. The Balaban J connectivity index is 1.16. The van der Waals surface area contributed by atoms with Crippen molar-refractivity contribution in [2.45, 2.75) is 5.41 Å². The fourth-order valence-corrected chi connectivity index (χ4v) is 9.90. The number of rotatable bonds is 5. The molecule has 57 heavy (non-hydrogen) atoms. The molecule has 0 N–H and O–H groups in total. The molecular formula is C55H35NO. The monoisotopic (exact) mass is 725 g/mol. The predicted molar refractivity (Wildman–Crippen MR) is 236 cm³/mol. The van der Waals surface area contributed by atoms with Gasteiger partial charge in [0.2, 0.25) is 0 Å². The van der Waals surface area contributed by atoms with Crippen LogP contribution in [0.5, 0.6) is 0 Å². The van der Waals surface area contributed by atoms with Gasteiger partial charge in [0.15, 0.2) is 0 Å². The van der Waals surface area contributed by atoms with Crippen LogP contribution in [-0.4, -0.2) is 0 Å². The summed E-state index contributed by atoms with van der Waals surface area (Å²) in [5.74, 6) is 0. The number of para-hydroxylation sites is 1. The minimum Gasteiger partial charge on any atom is -0.456 e. The highest BCUT2D eigenvalue weighted by molar-refractivity contribution is 6.13. The van der Waals surface area contributed by atoms with Gasteiger partial charge in [0.1, 0.15) is 11.2 Å². The van der Waals surface area contributed by atoms with Crippen LogP contribution in [-0.2, 0) is 5.41 Å². The van der Waals surface area contributed by atoms with Crippen molar-refractivity contribution >= 4 is 39.0 Å². The average Bonchev–Trinajstić information content (AvgIpc) is 3.91. The summed E-state index contributed by atoms with van der Waals surface area (Å²) < 4.78 is 6.50. The Bertz CT molecular complexity index is 3150. The van der Waals surface area contributed by atoms with Crippen LogP contribution >= 0.6 is 0 Å². The molecule has 0 saturated heterocycles. The first-order chi connectivity index (χ1) is 28.3. The topological polar surface area (TPSA) is 16.4 Å². The predicted octanol–water partition coefficient (Wildman–Crippen LogP) is 14.7. The zero-order valence-electron chi connectivity index (χ0n) is 31.1. The SMILES string of the molecule is c1ccc(-c2cccc(N(c3ccc4c(c3)C3(c5ccccc5-c5ccccc53)c3cc(-c5ccccc5)ccc3-4)c3cccc4oc5ccccc5c34)c2)cc1. The van der Waals surface area contributed by atoms with Crippen molar-refractivity contribution in [1.29, 1.82) is 0 Å². The smallest absolute Gasteiger partial charge is 0.137 e. The van der Waals surface area contributed by atoms with E-state index in [1.54, 1.807) is 0 Å². The maximum atomic E-state index is 6.50. The lowest BCUT2D eigenvalue weighted by molar-refractivity contribution is 0.669. The molecule has 0 bridgehead atoms. The van der Waals surface area contributed by atoms with E-state index in [4.69, 9.17) is 4.42 Å². The van der Waals surface area contributed by atoms with Crippen LogP contribution in [0.25, 0.3) is 66.4 Å². The maximum Gasteiger partial charge on any atom is 0.137 e. The molecule has 0 unspecified atom stereocenters. The second kappa shape index (κ2) is 12.3. The quantitative estimate of drug-likeness (QED) is 0.176. The molecule has 12 rings (SSSR count). The van der Waals surface area contributed by atoms with Crippen molar-refractivity contribution in [3.8, 4) is 44.5 Å². The Hall–Kier alpha value is -7.42. The Labute approximate surface area is 331 Å². The highest BCUT2D eigenvalue weighted by atomic mass is 16.3. The van der Waals surface area contributed by atoms with Gasteiger partial charge in [0.05, 0.1) is 16.5 Å². The first kappa shape index (κ1) is 31.9. The van der Waals surface area contributed by atoms with Crippen molar-refractivity contribution in [2.24, 2.45) is 0 Å². The molecule has 2 heteroatoms. The van der Waals surface area contributed by atoms with Crippen molar-refractivity contribution in [3.05, 3.63) is 235 Å². The molecule has 2 nitrogen and oxygen atoms in total. The van der Waals surface area contributed by atoms with Crippen LogP contribution in [0.15, 0.2) is 217 Å². The third kappa shape index (κ3) is 4.59. The van der Waals surface area contributed by atoms with Crippen LogP contribution in [0, 0.1) is 0 Å². The molecule has 1 aromatic heterocycles. The van der Waals surface area contributed by atoms with E-state index in [1.165, 1.54) is 66.8 Å². The number of hydrogen-bond acceptors (Lipinski definition) is 2. The number of benzene rings is 9. The second-order valence-corrected chi connectivity index (χ2v) is 15.2. The highest BCUT2D eigenvalue weighted by Gasteiger charge is 2.52. The fraction of sp³-hybridized carbons (Fsp3) is 0.0182. The fourth-order valence-electron chi connectivity index (χ4n) is 9.90. The molecule has 2 aliphatic rings. The largest absolute Gasteiger partial charge is 0.456 e. The van der Waals surface area contributed by atoms with Crippen LogP contribution in [0.1, 0.15) is 22.3 Å². The van der Waals surface area contributed by atoms with E-state index >= 15 is 0 Å². The molecule has 0 atom stereocenters. The van der Waals surface area contributed by atoms with E-state index < -0.39 is 5.41 Å². The van der Waals surface area contributed by atoms with Gasteiger partial charge in [-0.2, -0.15) is 0 Å². The molecule has 1 spiro atoms. The van der Waals surface area contributed by atoms with Crippen molar-refractivity contribution in [2.75, 3.05) is 4.90 Å². The van der Waals surface area contributed by atoms with Gasteiger partial charge in [0.25, 0.3) is 0 Å². The summed E-state index contributed by atoms with van der Waals surface area (Å²) in [6, 6.07) is 77.6. The molecule has 10 aromatic rings. The molecule has 0 radical (unpaired) electrons. The molecule has 266 valence electrons. The standard InChI is InChI=1S/C55H35NO/c1-3-15-36(16-4-1)38-19-13-20-40(33-38)56(51-26-14-28-53-54(51)46-23-9-12-27-52(46)57-53)41-30-32-45-44-31-29-39(37-17-5-2-6-18-37)34-49(44)55(50(45)35-41)47-24-10-7-21-42(47)43-22-8-11-25-48(43)55/h1-35H. The number of furan rings is 1. The first-order valence-corrected chi connectivity index (χ1v) is 19.7.